The zero-order valence-corrected chi connectivity index (χ0v) is 18.0. The van der Waals surface area contributed by atoms with E-state index in [0.717, 1.165) is 36.6 Å². The number of aromatic nitrogens is 1. The molecule has 1 amide bonds. The summed E-state index contributed by atoms with van der Waals surface area (Å²) < 4.78 is 0. The van der Waals surface area contributed by atoms with Gasteiger partial charge in [-0.1, -0.05) is 30.3 Å². The Balaban J connectivity index is 1.45. The molecule has 4 rings (SSSR count). The number of benzene rings is 2. The Morgan fingerprint density at radius 2 is 2.10 bits per heavy atom. The quantitative estimate of drug-likeness (QED) is 0.343. The van der Waals surface area contributed by atoms with Crippen LogP contribution in [0.5, 0.6) is 0 Å². The molecular formula is C21H20N4O3S2. The summed E-state index contributed by atoms with van der Waals surface area (Å²) >= 11 is 2.75. The number of rotatable bonds is 6. The van der Waals surface area contributed by atoms with Gasteiger partial charge in [0.25, 0.3) is 11.6 Å². The number of amides is 1. The molecule has 30 heavy (non-hydrogen) atoms. The van der Waals surface area contributed by atoms with Gasteiger partial charge in [0.1, 0.15) is 0 Å². The van der Waals surface area contributed by atoms with E-state index >= 15 is 0 Å². The van der Waals surface area contributed by atoms with Crippen molar-refractivity contribution in [2.75, 3.05) is 18.1 Å². The fourth-order valence-electron chi connectivity index (χ4n) is 3.42. The summed E-state index contributed by atoms with van der Waals surface area (Å²) in [5, 5.41) is 14.6. The average Bonchev–Trinajstić information content (AvgIpc) is 3.15. The number of nitro benzene ring substituents is 1. The molecule has 0 spiro atoms. The van der Waals surface area contributed by atoms with Crippen molar-refractivity contribution in [3.63, 3.8) is 0 Å². The van der Waals surface area contributed by atoms with E-state index in [2.05, 4.69) is 27.3 Å². The van der Waals surface area contributed by atoms with Gasteiger partial charge in [0, 0.05) is 42.6 Å². The summed E-state index contributed by atoms with van der Waals surface area (Å²) in [4.78, 5) is 32.0. The van der Waals surface area contributed by atoms with E-state index in [1.165, 1.54) is 34.7 Å². The van der Waals surface area contributed by atoms with Gasteiger partial charge in [-0.15, -0.1) is 23.1 Å². The number of nitrogens with one attached hydrogen (secondary N) is 1. The Morgan fingerprint density at radius 3 is 2.83 bits per heavy atom. The maximum atomic E-state index is 12.6. The molecule has 2 aromatic carbocycles. The third-order valence-corrected chi connectivity index (χ3v) is 6.70. The predicted molar refractivity (Wildman–Crippen MR) is 119 cm³/mol. The third kappa shape index (κ3) is 4.53. The number of carbonyl (C=O) groups excluding carboxylic acids is 1. The van der Waals surface area contributed by atoms with Crippen molar-refractivity contribution < 1.29 is 9.72 Å². The van der Waals surface area contributed by atoms with Crippen molar-refractivity contribution in [2.45, 2.75) is 24.4 Å². The highest BCUT2D eigenvalue weighted by molar-refractivity contribution is 7.98. The third-order valence-electron chi connectivity index (χ3n) is 4.92. The van der Waals surface area contributed by atoms with Crippen LogP contribution in [-0.4, -0.2) is 33.5 Å². The standard InChI is InChI=1S/C21H20N4O3S2/c1-29-18-8-7-15(11-17(18)25(27)28)20(26)23-21-22-16-9-10-24(13-19(16)30-21)12-14-5-3-2-4-6-14/h2-8,11H,9-10,12-13H2,1H3,(H,22,23,26). The first kappa shape index (κ1) is 20.5. The molecule has 0 unspecified atom stereocenters. The second-order valence-corrected chi connectivity index (χ2v) is 8.86. The van der Waals surface area contributed by atoms with Crippen molar-refractivity contribution in [3.05, 3.63) is 80.3 Å². The van der Waals surface area contributed by atoms with Crippen molar-refractivity contribution in [3.8, 4) is 0 Å². The highest BCUT2D eigenvalue weighted by Gasteiger charge is 2.22. The summed E-state index contributed by atoms with van der Waals surface area (Å²) in [7, 11) is 0. The second kappa shape index (κ2) is 8.95. The zero-order chi connectivity index (χ0) is 21.1. The molecule has 0 bridgehead atoms. The zero-order valence-electron chi connectivity index (χ0n) is 16.3. The fraction of sp³-hybridized carbons (Fsp3) is 0.238. The topological polar surface area (TPSA) is 88.4 Å². The molecule has 0 atom stereocenters. The molecule has 154 valence electrons. The Bertz CT molecular complexity index is 1090. The molecule has 0 radical (unpaired) electrons. The smallest absolute Gasteiger partial charge is 0.283 e. The first-order valence-corrected chi connectivity index (χ1v) is 11.5. The van der Waals surface area contributed by atoms with Gasteiger partial charge >= 0.3 is 0 Å². The molecule has 0 saturated heterocycles. The van der Waals surface area contributed by atoms with Crippen molar-refractivity contribution in [1.29, 1.82) is 0 Å². The number of thioether (sulfide) groups is 1. The van der Waals surface area contributed by atoms with Gasteiger partial charge in [-0.3, -0.25) is 25.1 Å². The van der Waals surface area contributed by atoms with E-state index in [4.69, 9.17) is 0 Å². The summed E-state index contributed by atoms with van der Waals surface area (Å²) in [5.74, 6) is -0.391. The van der Waals surface area contributed by atoms with E-state index in [9.17, 15) is 14.9 Å². The lowest BCUT2D eigenvalue weighted by molar-refractivity contribution is -0.387. The number of hydrogen-bond donors (Lipinski definition) is 1. The molecule has 1 aromatic heterocycles. The van der Waals surface area contributed by atoms with Crippen molar-refractivity contribution >= 4 is 39.8 Å². The van der Waals surface area contributed by atoms with Crippen LogP contribution in [0.3, 0.4) is 0 Å². The predicted octanol–water partition coefficient (Wildman–Crippen LogP) is 4.58. The molecule has 3 aromatic rings. The molecule has 1 N–H and O–H groups in total. The van der Waals surface area contributed by atoms with E-state index in [1.807, 2.05) is 18.2 Å². The SMILES string of the molecule is CSc1ccc(C(=O)Nc2nc3c(s2)CN(Cc2ccccc2)CC3)cc1[N+](=O)[O-]. The molecule has 7 nitrogen and oxygen atoms in total. The highest BCUT2D eigenvalue weighted by atomic mass is 32.2. The Labute approximate surface area is 182 Å². The number of thiazole rings is 1. The first-order chi connectivity index (χ1) is 14.5. The molecule has 0 saturated carbocycles. The molecule has 1 aliphatic heterocycles. The number of anilines is 1. The average molecular weight is 441 g/mol. The van der Waals surface area contributed by atoms with Gasteiger partial charge in [-0.05, 0) is 24.0 Å². The summed E-state index contributed by atoms with van der Waals surface area (Å²) in [5.41, 5.74) is 2.47. The lowest BCUT2D eigenvalue weighted by Crippen LogP contribution is -2.29. The lowest BCUT2D eigenvalue weighted by Gasteiger charge is -2.25. The van der Waals surface area contributed by atoms with Crippen LogP contribution in [0.2, 0.25) is 0 Å². The van der Waals surface area contributed by atoms with Gasteiger partial charge in [0.05, 0.1) is 15.5 Å². The minimum Gasteiger partial charge on any atom is -0.298 e. The van der Waals surface area contributed by atoms with E-state index in [-0.39, 0.29) is 11.3 Å². The van der Waals surface area contributed by atoms with Gasteiger partial charge < -0.3 is 0 Å². The van der Waals surface area contributed by atoms with Gasteiger partial charge in [-0.2, -0.15) is 0 Å². The van der Waals surface area contributed by atoms with Crippen molar-refractivity contribution in [2.24, 2.45) is 0 Å². The minimum absolute atomic E-state index is 0.0647. The second-order valence-electron chi connectivity index (χ2n) is 6.93. The molecule has 9 heteroatoms. The maximum Gasteiger partial charge on any atom is 0.283 e. The minimum atomic E-state index is -0.466. The number of fused-ring (bicyclic) bond motifs is 1. The molecule has 0 aliphatic carbocycles. The van der Waals surface area contributed by atoms with Crippen molar-refractivity contribution in [1.82, 2.24) is 9.88 Å². The summed E-state index contributed by atoms with van der Waals surface area (Å²) in [6, 6.07) is 14.9. The molecule has 2 heterocycles. The lowest BCUT2D eigenvalue weighted by atomic mass is 10.1. The first-order valence-electron chi connectivity index (χ1n) is 9.42. The van der Waals surface area contributed by atoms with Gasteiger partial charge in [0.15, 0.2) is 5.13 Å². The summed E-state index contributed by atoms with van der Waals surface area (Å²) in [6.07, 6.45) is 2.60. The van der Waals surface area contributed by atoms with E-state index in [1.54, 1.807) is 18.4 Å². The van der Waals surface area contributed by atoms with Crippen LogP contribution in [0.4, 0.5) is 10.8 Å². The van der Waals surface area contributed by atoms with Crippen LogP contribution < -0.4 is 5.32 Å². The van der Waals surface area contributed by atoms with Gasteiger partial charge in [-0.25, -0.2) is 4.98 Å². The summed E-state index contributed by atoms with van der Waals surface area (Å²) in [6.45, 7) is 2.60. The van der Waals surface area contributed by atoms with E-state index in [0.29, 0.717) is 10.0 Å². The fourth-order valence-corrected chi connectivity index (χ4v) is 5.01. The van der Waals surface area contributed by atoms with E-state index < -0.39 is 10.8 Å². The Kier molecular flexibility index (Phi) is 6.12. The normalized spacial score (nSPS) is 13.6. The van der Waals surface area contributed by atoms with Crippen LogP contribution >= 0.6 is 23.1 Å². The largest absolute Gasteiger partial charge is 0.298 e. The highest BCUT2D eigenvalue weighted by Crippen LogP contribution is 2.31. The van der Waals surface area contributed by atoms with Gasteiger partial charge in [0.2, 0.25) is 0 Å². The van der Waals surface area contributed by atoms with Crippen LogP contribution in [0, 0.1) is 10.1 Å². The number of carbonyl (C=O) groups is 1. The number of nitrogens with zero attached hydrogens (tertiary/aromatic N) is 3. The van der Waals surface area contributed by atoms with Crippen LogP contribution in [-0.2, 0) is 19.5 Å². The Morgan fingerprint density at radius 1 is 1.30 bits per heavy atom. The Hall–Kier alpha value is -2.75. The molecular weight excluding hydrogens is 420 g/mol. The number of hydrogen-bond acceptors (Lipinski definition) is 7. The maximum absolute atomic E-state index is 12.6. The monoisotopic (exact) mass is 440 g/mol. The van der Waals surface area contributed by atoms with Crippen LogP contribution in [0.25, 0.3) is 0 Å². The molecule has 0 fully saturated rings. The van der Waals surface area contributed by atoms with Crippen LogP contribution in [0.15, 0.2) is 53.4 Å². The van der Waals surface area contributed by atoms with Crippen LogP contribution in [0.1, 0.15) is 26.5 Å². The number of nitro groups is 1. The molecule has 1 aliphatic rings.